The van der Waals surface area contributed by atoms with Gasteiger partial charge in [-0.25, -0.2) is 0 Å². The maximum absolute atomic E-state index is 11.4. The number of aliphatic imine (C=N–C) groups is 1. The van der Waals surface area contributed by atoms with Crippen molar-refractivity contribution in [3.8, 4) is 0 Å². The number of nitrogens with one attached hydrogen (secondary N) is 1. The van der Waals surface area contributed by atoms with Crippen LogP contribution in [0.15, 0.2) is 29.3 Å². The van der Waals surface area contributed by atoms with Crippen molar-refractivity contribution in [2.45, 2.75) is 33.6 Å². The highest BCUT2D eigenvalue weighted by molar-refractivity contribution is 6.05. The lowest BCUT2D eigenvalue weighted by molar-refractivity contribution is -0.115. The van der Waals surface area contributed by atoms with Gasteiger partial charge >= 0.3 is 0 Å². The Morgan fingerprint density at radius 3 is 2.80 bits per heavy atom. The third kappa shape index (κ3) is 2.40. The van der Waals surface area contributed by atoms with E-state index in [9.17, 15) is 4.79 Å². The summed E-state index contributed by atoms with van der Waals surface area (Å²) in [6.45, 7) is 7.43. The summed E-state index contributed by atoms with van der Waals surface area (Å²) in [7, 11) is 0. The lowest BCUT2D eigenvalue weighted by Gasteiger charge is -2.23. The highest BCUT2D eigenvalue weighted by atomic mass is 16.1. The number of carbonyl (C=O) groups excluding carboxylic acids is 1. The number of hydrogen-bond donors (Lipinski definition) is 1. The fourth-order valence-electron chi connectivity index (χ4n) is 2.69. The number of allylic oxidation sites excluding steroid dienone is 1. The number of rotatable bonds is 1. The van der Waals surface area contributed by atoms with Gasteiger partial charge in [0.15, 0.2) is 0 Å². The number of nitrogens with zero attached hydrogens (tertiary/aromatic N) is 1. The molecular weight excluding hydrogens is 248 g/mol. The number of amides is 1. The molecule has 3 rings (SSSR count). The van der Waals surface area contributed by atoms with Crippen LogP contribution >= 0.6 is 0 Å². The summed E-state index contributed by atoms with van der Waals surface area (Å²) in [6.07, 6.45) is 3.69. The number of anilines is 1. The minimum atomic E-state index is 0.0833. The number of benzene rings is 1. The Hall–Kier alpha value is -1.90. The first-order valence-electron chi connectivity index (χ1n) is 7.12. The maximum atomic E-state index is 11.4. The third-order valence-corrected chi connectivity index (χ3v) is 3.84. The molecule has 1 aromatic carbocycles. The SMILES string of the molecule is CC(C)(C)C1=NCCC(c2ccc3c(c2)CC(=O)N3)=C1. The van der Waals surface area contributed by atoms with Crippen LogP contribution in [0.5, 0.6) is 0 Å². The molecule has 0 aliphatic carbocycles. The van der Waals surface area contributed by atoms with Crippen molar-refractivity contribution in [1.29, 1.82) is 0 Å². The average Bonchev–Trinajstić information content (AvgIpc) is 2.77. The van der Waals surface area contributed by atoms with E-state index >= 15 is 0 Å². The highest BCUT2D eigenvalue weighted by Crippen LogP contribution is 2.31. The minimum Gasteiger partial charge on any atom is -0.326 e. The van der Waals surface area contributed by atoms with Crippen LogP contribution in [0.4, 0.5) is 5.69 Å². The Morgan fingerprint density at radius 2 is 2.05 bits per heavy atom. The van der Waals surface area contributed by atoms with Crippen molar-refractivity contribution in [3.05, 3.63) is 35.4 Å². The summed E-state index contributed by atoms with van der Waals surface area (Å²) in [4.78, 5) is 16.1. The van der Waals surface area contributed by atoms with Gasteiger partial charge in [0.1, 0.15) is 0 Å². The fourth-order valence-corrected chi connectivity index (χ4v) is 2.69. The predicted octanol–water partition coefficient (Wildman–Crippen LogP) is 3.46. The maximum Gasteiger partial charge on any atom is 0.228 e. The molecule has 2 heterocycles. The van der Waals surface area contributed by atoms with Gasteiger partial charge in [-0.3, -0.25) is 9.79 Å². The Kier molecular flexibility index (Phi) is 3.00. The zero-order valence-electron chi connectivity index (χ0n) is 12.3. The van der Waals surface area contributed by atoms with Crippen LogP contribution in [0.25, 0.3) is 5.57 Å². The van der Waals surface area contributed by atoms with E-state index < -0.39 is 0 Å². The number of carbonyl (C=O) groups is 1. The van der Waals surface area contributed by atoms with E-state index in [2.05, 4.69) is 49.3 Å². The molecule has 0 unspecified atom stereocenters. The van der Waals surface area contributed by atoms with Gasteiger partial charge in [-0.05, 0) is 41.3 Å². The Labute approximate surface area is 119 Å². The van der Waals surface area contributed by atoms with Crippen LogP contribution in [0.3, 0.4) is 0 Å². The number of fused-ring (bicyclic) bond motifs is 1. The van der Waals surface area contributed by atoms with Crippen molar-refractivity contribution in [3.63, 3.8) is 0 Å². The minimum absolute atomic E-state index is 0.0833. The van der Waals surface area contributed by atoms with Gasteiger partial charge in [0.25, 0.3) is 0 Å². The van der Waals surface area contributed by atoms with E-state index in [1.54, 1.807) is 0 Å². The molecule has 2 aliphatic heterocycles. The molecular formula is C17H20N2O. The molecule has 104 valence electrons. The molecule has 3 heteroatoms. The van der Waals surface area contributed by atoms with Crippen LogP contribution in [-0.4, -0.2) is 18.2 Å². The van der Waals surface area contributed by atoms with E-state index in [4.69, 9.17) is 0 Å². The zero-order chi connectivity index (χ0) is 14.3. The smallest absolute Gasteiger partial charge is 0.228 e. The summed E-state index contributed by atoms with van der Waals surface area (Å²) in [5.74, 6) is 0.0896. The summed E-state index contributed by atoms with van der Waals surface area (Å²) in [5, 5.41) is 2.88. The van der Waals surface area contributed by atoms with Gasteiger partial charge in [-0.15, -0.1) is 0 Å². The van der Waals surface area contributed by atoms with E-state index in [0.717, 1.165) is 29.9 Å². The number of hydrogen-bond acceptors (Lipinski definition) is 2. The van der Waals surface area contributed by atoms with E-state index in [1.807, 2.05) is 6.07 Å². The molecule has 3 nitrogen and oxygen atoms in total. The molecule has 0 radical (unpaired) electrons. The summed E-state index contributed by atoms with van der Waals surface area (Å²) in [6, 6.07) is 6.26. The summed E-state index contributed by atoms with van der Waals surface area (Å²) >= 11 is 0. The van der Waals surface area contributed by atoms with Gasteiger partial charge in [0.2, 0.25) is 5.91 Å². The van der Waals surface area contributed by atoms with Crippen molar-refractivity contribution in [1.82, 2.24) is 0 Å². The lowest BCUT2D eigenvalue weighted by Crippen LogP contribution is -2.21. The molecule has 20 heavy (non-hydrogen) atoms. The van der Waals surface area contributed by atoms with E-state index in [0.29, 0.717) is 6.42 Å². The summed E-state index contributed by atoms with van der Waals surface area (Å²) in [5.41, 5.74) is 5.85. The normalized spacial score (nSPS) is 18.2. The van der Waals surface area contributed by atoms with E-state index in [1.165, 1.54) is 11.1 Å². The molecule has 0 fully saturated rings. The fraction of sp³-hybridized carbons (Fsp3) is 0.412. The monoisotopic (exact) mass is 268 g/mol. The van der Waals surface area contributed by atoms with Crippen LogP contribution in [0.2, 0.25) is 0 Å². The first-order valence-corrected chi connectivity index (χ1v) is 7.12. The van der Waals surface area contributed by atoms with Gasteiger partial charge in [0, 0.05) is 23.4 Å². The van der Waals surface area contributed by atoms with Gasteiger partial charge in [-0.2, -0.15) is 0 Å². The molecule has 0 saturated carbocycles. The molecule has 0 atom stereocenters. The molecule has 1 amide bonds. The number of dihydropyridines is 1. The quantitative estimate of drug-likeness (QED) is 0.832. The third-order valence-electron chi connectivity index (χ3n) is 3.84. The first-order chi connectivity index (χ1) is 9.43. The van der Waals surface area contributed by atoms with Crippen molar-refractivity contribution in [2.24, 2.45) is 10.4 Å². The van der Waals surface area contributed by atoms with Gasteiger partial charge in [-0.1, -0.05) is 26.8 Å². The largest absolute Gasteiger partial charge is 0.326 e. The van der Waals surface area contributed by atoms with Crippen LogP contribution in [-0.2, 0) is 11.2 Å². The summed E-state index contributed by atoms with van der Waals surface area (Å²) < 4.78 is 0. The molecule has 0 bridgehead atoms. The van der Waals surface area contributed by atoms with E-state index in [-0.39, 0.29) is 11.3 Å². The highest BCUT2D eigenvalue weighted by Gasteiger charge is 2.22. The topological polar surface area (TPSA) is 41.5 Å². The zero-order valence-corrected chi connectivity index (χ0v) is 12.3. The first kappa shape index (κ1) is 13.1. The molecule has 1 aromatic rings. The van der Waals surface area contributed by atoms with Crippen molar-refractivity contribution in [2.75, 3.05) is 11.9 Å². The second-order valence-corrected chi connectivity index (χ2v) is 6.53. The molecule has 0 saturated heterocycles. The Morgan fingerprint density at radius 1 is 1.25 bits per heavy atom. The van der Waals surface area contributed by atoms with Crippen LogP contribution < -0.4 is 5.32 Å². The second kappa shape index (κ2) is 4.58. The molecule has 2 aliphatic rings. The molecule has 1 N–H and O–H groups in total. The molecule has 0 spiro atoms. The van der Waals surface area contributed by atoms with Gasteiger partial charge < -0.3 is 5.32 Å². The van der Waals surface area contributed by atoms with Crippen molar-refractivity contribution >= 4 is 22.9 Å². The second-order valence-electron chi connectivity index (χ2n) is 6.53. The standard InChI is InChI=1S/C17H20N2O/c1-17(2,3)15-9-12(6-7-18-15)11-4-5-14-13(8-11)10-16(20)19-14/h4-5,8-9H,6-7,10H2,1-3H3,(H,19,20). The average molecular weight is 268 g/mol. The predicted molar refractivity (Wildman–Crippen MR) is 83.1 cm³/mol. The molecule has 0 aromatic heterocycles. The van der Waals surface area contributed by atoms with Crippen molar-refractivity contribution < 1.29 is 4.79 Å². The van der Waals surface area contributed by atoms with Crippen LogP contribution in [0, 0.1) is 5.41 Å². The van der Waals surface area contributed by atoms with Crippen LogP contribution in [0.1, 0.15) is 38.3 Å². The Balaban J connectivity index is 1.94. The Bertz CT molecular complexity index is 633. The lowest BCUT2D eigenvalue weighted by atomic mass is 9.85. The van der Waals surface area contributed by atoms with Gasteiger partial charge in [0.05, 0.1) is 6.42 Å².